The Bertz CT molecular complexity index is 688. The maximum Gasteiger partial charge on any atom is 0.407 e. The van der Waals surface area contributed by atoms with E-state index in [4.69, 9.17) is 9.47 Å². The number of amides is 1. The second-order valence-corrected chi connectivity index (χ2v) is 10.1. The van der Waals surface area contributed by atoms with Gasteiger partial charge in [-0.25, -0.2) is 4.79 Å². The Labute approximate surface area is 175 Å². The average molecular weight is 404 g/mol. The summed E-state index contributed by atoms with van der Waals surface area (Å²) in [4.78, 5) is 24.6. The molecule has 4 aliphatic rings. The first-order valence-corrected chi connectivity index (χ1v) is 11.6. The summed E-state index contributed by atoms with van der Waals surface area (Å²) in [6.07, 6.45) is 10.1. The van der Waals surface area contributed by atoms with Crippen molar-refractivity contribution < 1.29 is 19.1 Å². The van der Waals surface area contributed by atoms with Crippen molar-refractivity contribution in [1.29, 1.82) is 0 Å². The van der Waals surface area contributed by atoms with Gasteiger partial charge in [-0.1, -0.05) is 25.5 Å². The quantitative estimate of drug-likeness (QED) is 0.536. The zero-order valence-electron chi connectivity index (χ0n) is 18.3. The summed E-state index contributed by atoms with van der Waals surface area (Å²) in [5.41, 5.74) is 1.63. The topological polar surface area (TPSA) is 64.6 Å². The normalized spacial score (nSPS) is 41.1. The summed E-state index contributed by atoms with van der Waals surface area (Å²) >= 11 is 0. The summed E-state index contributed by atoms with van der Waals surface area (Å²) in [7, 11) is 0. The van der Waals surface area contributed by atoms with E-state index in [2.05, 4.69) is 25.2 Å². The third kappa shape index (κ3) is 3.64. The van der Waals surface area contributed by atoms with Crippen molar-refractivity contribution in [2.45, 2.75) is 78.2 Å². The number of carbonyl (C=O) groups is 2. The Morgan fingerprint density at radius 2 is 1.93 bits per heavy atom. The van der Waals surface area contributed by atoms with Crippen LogP contribution in [0.2, 0.25) is 0 Å². The van der Waals surface area contributed by atoms with Crippen LogP contribution in [0.1, 0.15) is 72.1 Å². The zero-order valence-corrected chi connectivity index (χ0v) is 18.3. The van der Waals surface area contributed by atoms with E-state index >= 15 is 0 Å². The lowest BCUT2D eigenvalue weighted by Gasteiger charge is -2.56. The lowest BCUT2D eigenvalue weighted by atomic mass is 9.48. The molecule has 4 aliphatic carbocycles. The molecule has 162 valence electrons. The van der Waals surface area contributed by atoms with Crippen molar-refractivity contribution in [2.75, 3.05) is 19.8 Å². The second-order valence-electron chi connectivity index (χ2n) is 10.1. The Morgan fingerprint density at radius 1 is 1.17 bits per heavy atom. The van der Waals surface area contributed by atoms with E-state index in [-0.39, 0.29) is 23.0 Å². The molecule has 4 rings (SSSR count). The van der Waals surface area contributed by atoms with Gasteiger partial charge >= 0.3 is 6.09 Å². The van der Waals surface area contributed by atoms with Crippen LogP contribution in [0.4, 0.5) is 4.79 Å². The molecule has 1 N–H and O–H groups in total. The predicted octanol–water partition coefficient (Wildman–Crippen LogP) is 4.65. The summed E-state index contributed by atoms with van der Waals surface area (Å²) < 4.78 is 11.0. The van der Waals surface area contributed by atoms with E-state index in [1.807, 2.05) is 6.92 Å². The van der Waals surface area contributed by atoms with Crippen molar-refractivity contribution in [3.63, 3.8) is 0 Å². The number of rotatable bonds is 5. The maximum atomic E-state index is 12.5. The van der Waals surface area contributed by atoms with E-state index < -0.39 is 0 Å². The molecule has 6 atom stereocenters. The molecule has 0 saturated heterocycles. The molecular formula is C24H37NO4. The Hall–Kier alpha value is -1.36. The van der Waals surface area contributed by atoms with Crippen LogP contribution in [0.5, 0.6) is 0 Å². The SMILES string of the molecule is CCOCCNC(=O)O[C@H]1CC[C@@]2(C)C(=CCC3C2CC[C@]2(C)C(=O)CCC32)C1. The Morgan fingerprint density at radius 3 is 2.72 bits per heavy atom. The molecule has 5 nitrogen and oxygen atoms in total. The summed E-state index contributed by atoms with van der Waals surface area (Å²) in [6, 6.07) is 0. The number of ketones is 1. The third-order valence-corrected chi connectivity index (χ3v) is 8.76. The van der Waals surface area contributed by atoms with Crippen molar-refractivity contribution in [1.82, 2.24) is 5.32 Å². The van der Waals surface area contributed by atoms with Crippen LogP contribution >= 0.6 is 0 Å². The third-order valence-electron chi connectivity index (χ3n) is 8.76. The van der Waals surface area contributed by atoms with Crippen molar-refractivity contribution in [2.24, 2.45) is 28.6 Å². The average Bonchev–Trinajstić information content (AvgIpc) is 3.00. The van der Waals surface area contributed by atoms with Crippen LogP contribution in [0.3, 0.4) is 0 Å². The molecule has 0 aromatic rings. The number of hydrogen-bond donors (Lipinski definition) is 1. The van der Waals surface area contributed by atoms with E-state index in [1.54, 1.807) is 0 Å². The molecule has 0 radical (unpaired) electrons. The van der Waals surface area contributed by atoms with Gasteiger partial charge in [0.1, 0.15) is 11.9 Å². The number of nitrogens with one attached hydrogen (secondary N) is 1. The molecule has 0 aliphatic heterocycles. The van der Waals surface area contributed by atoms with Gasteiger partial charge in [-0.2, -0.15) is 0 Å². The van der Waals surface area contributed by atoms with Crippen LogP contribution < -0.4 is 5.32 Å². The summed E-state index contributed by atoms with van der Waals surface area (Å²) in [5, 5.41) is 2.79. The molecule has 0 aromatic carbocycles. The number of carbonyl (C=O) groups excluding carboxylic acids is 2. The van der Waals surface area contributed by atoms with Gasteiger partial charge in [0.05, 0.1) is 6.61 Å². The van der Waals surface area contributed by atoms with Crippen molar-refractivity contribution in [3.8, 4) is 0 Å². The van der Waals surface area contributed by atoms with Crippen LogP contribution in [0.15, 0.2) is 11.6 Å². The minimum Gasteiger partial charge on any atom is -0.446 e. The van der Waals surface area contributed by atoms with E-state index in [0.717, 1.165) is 44.9 Å². The standard InChI is InChI=1S/C24H37NO4/c1-4-28-14-13-25-22(27)29-17-9-11-23(2)16(15-17)5-6-18-19-7-8-21(26)24(19,3)12-10-20(18)23/h5,17-20H,4,6-15H2,1-3H3,(H,25,27)/t17-,18?,19?,20?,23-,24-/m0/s1. The zero-order chi connectivity index (χ0) is 20.6. The van der Waals surface area contributed by atoms with Gasteiger partial charge in [0, 0.05) is 31.4 Å². The molecule has 5 heteroatoms. The van der Waals surface area contributed by atoms with Gasteiger partial charge in [-0.05, 0) is 68.6 Å². The number of alkyl carbamates (subject to hydrolysis) is 1. The minimum absolute atomic E-state index is 0.0279. The largest absolute Gasteiger partial charge is 0.446 e. The molecule has 29 heavy (non-hydrogen) atoms. The molecule has 3 fully saturated rings. The highest BCUT2D eigenvalue weighted by Gasteiger charge is 2.58. The number of Topliss-reactive ketones (excluding diaryl/α,β-unsaturated/α-hetero) is 1. The van der Waals surface area contributed by atoms with Gasteiger partial charge in [0.15, 0.2) is 0 Å². The molecule has 0 aromatic heterocycles. The fraction of sp³-hybridized carbons (Fsp3) is 0.833. The van der Waals surface area contributed by atoms with Gasteiger partial charge in [0.2, 0.25) is 0 Å². The van der Waals surface area contributed by atoms with Gasteiger partial charge in [0.25, 0.3) is 0 Å². The molecular weight excluding hydrogens is 366 g/mol. The fourth-order valence-electron chi connectivity index (χ4n) is 7.06. The number of fused-ring (bicyclic) bond motifs is 5. The molecule has 0 spiro atoms. The number of allylic oxidation sites excluding steroid dienone is 1. The minimum atomic E-state index is -0.328. The second kappa shape index (κ2) is 8.05. The van der Waals surface area contributed by atoms with Crippen molar-refractivity contribution >= 4 is 11.9 Å². The van der Waals surface area contributed by atoms with Gasteiger partial charge in [-0.15, -0.1) is 0 Å². The summed E-state index contributed by atoms with van der Waals surface area (Å²) in [5.74, 6) is 2.39. The first-order chi connectivity index (χ1) is 13.9. The Balaban J connectivity index is 1.39. The maximum absolute atomic E-state index is 12.5. The molecule has 0 heterocycles. The first kappa shape index (κ1) is 20.9. The van der Waals surface area contributed by atoms with Crippen LogP contribution in [-0.2, 0) is 14.3 Å². The van der Waals surface area contributed by atoms with Crippen LogP contribution in [-0.4, -0.2) is 37.7 Å². The molecule has 0 bridgehead atoms. The molecule has 3 unspecified atom stereocenters. The smallest absolute Gasteiger partial charge is 0.407 e. The van der Waals surface area contributed by atoms with Crippen LogP contribution in [0.25, 0.3) is 0 Å². The van der Waals surface area contributed by atoms with Crippen LogP contribution in [0, 0.1) is 28.6 Å². The fourth-order valence-corrected chi connectivity index (χ4v) is 7.06. The Kier molecular flexibility index (Phi) is 5.80. The van der Waals surface area contributed by atoms with Crippen molar-refractivity contribution in [3.05, 3.63) is 11.6 Å². The van der Waals surface area contributed by atoms with Gasteiger partial charge < -0.3 is 14.8 Å². The molecule has 3 saturated carbocycles. The monoisotopic (exact) mass is 403 g/mol. The van der Waals surface area contributed by atoms with E-state index in [1.165, 1.54) is 12.0 Å². The first-order valence-electron chi connectivity index (χ1n) is 11.6. The predicted molar refractivity (Wildman–Crippen MR) is 111 cm³/mol. The number of ether oxygens (including phenoxy) is 2. The lowest BCUT2D eigenvalue weighted by molar-refractivity contribution is -0.132. The number of hydrogen-bond acceptors (Lipinski definition) is 4. The van der Waals surface area contributed by atoms with E-state index in [0.29, 0.717) is 43.3 Å². The van der Waals surface area contributed by atoms with E-state index in [9.17, 15) is 9.59 Å². The molecule has 1 amide bonds. The highest BCUT2D eigenvalue weighted by molar-refractivity contribution is 5.87. The lowest BCUT2D eigenvalue weighted by Crippen LogP contribution is -2.50. The van der Waals surface area contributed by atoms with Gasteiger partial charge in [-0.3, -0.25) is 4.79 Å². The highest BCUT2D eigenvalue weighted by Crippen LogP contribution is 2.64. The highest BCUT2D eigenvalue weighted by atomic mass is 16.6. The summed E-state index contributed by atoms with van der Waals surface area (Å²) in [6.45, 7) is 8.28.